The molecule has 1 amide bonds. The maximum absolute atomic E-state index is 12.7. The number of phenolic OH excluding ortho intramolecular Hbond substituents is 1. The zero-order valence-electron chi connectivity index (χ0n) is 19.6. The van der Waals surface area contributed by atoms with Crippen molar-refractivity contribution in [2.75, 3.05) is 6.54 Å². The molecule has 0 aromatic heterocycles. The molecule has 5 nitrogen and oxygen atoms in total. The van der Waals surface area contributed by atoms with Crippen LogP contribution in [0.5, 0.6) is 5.75 Å². The third-order valence-corrected chi connectivity index (χ3v) is 5.59. The number of carbonyl (C=O) groups excluding carboxylic acids is 1. The molecule has 2 N–H and O–H groups in total. The summed E-state index contributed by atoms with van der Waals surface area (Å²) >= 11 is 0. The summed E-state index contributed by atoms with van der Waals surface area (Å²) in [6, 6.07) is 15.3. The van der Waals surface area contributed by atoms with Crippen LogP contribution in [0.25, 0.3) is 33.4 Å². The number of hydrogen-bond acceptors (Lipinski definition) is 4. The van der Waals surface area contributed by atoms with Crippen LogP contribution in [0.3, 0.4) is 0 Å². The first-order valence-corrected chi connectivity index (χ1v) is 11.4. The molecule has 1 aliphatic carbocycles. The number of amides is 1. The molecule has 5 heteroatoms. The Morgan fingerprint density at radius 2 is 1.85 bits per heavy atom. The van der Waals surface area contributed by atoms with Gasteiger partial charge in [0.2, 0.25) is 0 Å². The van der Waals surface area contributed by atoms with E-state index in [-0.39, 0.29) is 17.1 Å². The van der Waals surface area contributed by atoms with Crippen LogP contribution in [0.2, 0.25) is 0 Å². The van der Waals surface area contributed by atoms with Crippen molar-refractivity contribution in [1.29, 1.82) is 0 Å². The highest BCUT2D eigenvalue weighted by atomic mass is 16.3. The minimum Gasteiger partial charge on any atom is -0.508 e. The molecular formula is C29H27NO4. The molecule has 2 aromatic carbocycles. The van der Waals surface area contributed by atoms with Crippen molar-refractivity contribution >= 4 is 16.9 Å². The lowest BCUT2D eigenvalue weighted by Crippen LogP contribution is -2.24. The predicted molar refractivity (Wildman–Crippen MR) is 135 cm³/mol. The molecule has 0 bridgehead atoms. The van der Waals surface area contributed by atoms with E-state index in [0.29, 0.717) is 29.4 Å². The molecule has 0 radical (unpaired) electrons. The standard InChI is InChI=1S/C29H27NO4/c1-18(2)7-5-4-6-14-30-29(33)20-8-11-23(19(3)15-20)28-24-12-9-21(31)16-26(24)34-27-17-22(32)10-13-25(27)28/h8-13,15-18,31H,4,6,14H2,1-3H3,(H,30,33). The normalized spacial score (nSPS) is 10.9. The molecule has 0 atom stereocenters. The molecule has 172 valence electrons. The molecule has 0 saturated heterocycles. The number of aromatic hydroxyl groups is 1. The van der Waals surface area contributed by atoms with Crippen molar-refractivity contribution in [2.45, 2.75) is 33.6 Å². The summed E-state index contributed by atoms with van der Waals surface area (Å²) in [6.45, 7) is 6.64. The van der Waals surface area contributed by atoms with E-state index in [0.717, 1.165) is 40.5 Å². The second-order valence-electron chi connectivity index (χ2n) is 8.68. The Balaban J connectivity index is 1.65. The second kappa shape index (κ2) is 9.84. The Morgan fingerprint density at radius 3 is 2.62 bits per heavy atom. The number of unbranched alkanes of at least 4 members (excludes halogenated alkanes) is 1. The highest BCUT2D eigenvalue weighted by molar-refractivity contribution is 6.03. The number of carbonyl (C=O) groups is 1. The number of hydrogen-bond donors (Lipinski definition) is 2. The fourth-order valence-corrected chi connectivity index (χ4v) is 3.99. The van der Waals surface area contributed by atoms with Crippen molar-refractivity contribution in [3.8, 4) is 40.0 Å². The summed E-state index contributed by atoms with van der Waals surface area (Å²) in [7, 11) is 0. The lowest BCUT2D eigenvalue weighted by atomic mass is 9.90. The van der Waals surface area contributed by atoms with Crippen molar-refractivity contribution in [1.82, 2.24) is 5.32 Å². The van der Waals surface area contributed by atoms with Gasteiger partial charge in [-0.25, -0.2) is 0 Å². The lowest BCUT2D eigenvalue weighted by Gasteiger charge is -2.17. The molecular weight excluding hydrogens is 426 g/mol. The summed E-state index contributed by atoms with van der Waals surface area (Å²) in [4.78, 5) is 24.6. The van der Waals surface area contributed by atoms with Gasteiger partial charge in [-0.05, 0) is 60.9 Å². The van der Waals surface area contributed by atoms with Crippen LogP contribution in [0.15, 0.2) is 63.8 Å². The number of fused-ring (bicyclic) bond motifs is 2. The fraction of sp³-hybridized carbons (Fsp3) is 0.241. The third-order valence-electron chi connectivity index (χ3n) is 5.59. The molecule has 0 saturated carbocycles. The van der Waals surface area contributed by atoms with Gasteiger partial charge in [-0.1, -0.05) is 19.9 Å². The van der Waals surface area contributed by atoms with E-state index in [1.165, 1.54) is 12.1 Å². The molecule has 0 unspecified atom stereocenters. The molecule has 1 aliphatic heterocycles. The topological polar surface area (TPSA) is 79.5 Å². The number of nitrogens with one attached hydrogen (secondary N) is 1. The largest absolute Gasteiger partial charge is 0.508 e. The Morgan fingerprint density at radius 1 is 1.06 bits per heavy atom. The minimum absolute atomic E-state index is 0.0822. The Bertz CT molecular complexity index is 1450. The van der Waals surface area contributed by atoms with Gasteiger partial charge in [0.25, 0.3) is 5.91 Å². The first kappa shape index (κ1) is 23.1. The van der Waals surface area contributed by atoms with Gasteiger partial charge in [0, 0.05) is 53.1 Å². The van der Waals surface area contributed by atoms with Gasteiger partial charge in [-0.3, -0.25) is 9.59 Å². The maximum atomic E-state index is 12.7. The summed E-state index contributed by atoms with van der Waals surface area (Å²) in [6.07, 6.45) is 1.57. The van der Waals surface area contributed by atoms with Gasteiger partial charge in [0.15, 0.2) is 5.43 Å². The summed E-state index contributed by atoms with van der Waals surface area (Å²) in [5, 5.41) is 13.7. The predicted octanol–water partition coefficient (Wildman–Crippen LogP) is 5.75. The van der Waals surface area contributed by atoms with E-state index < -0.39 is 0 Å². The smallest absolute Gasteiger partial charge is 0.251 e. The zero-order valence-corrected chi connectivity index (χ0v) is 19.6. The van der Waals surface area contributed by atoms with Crippen molar-refractivity contribution < 1.29 is 14.3 Å². The molecule has 2 aromatic rings. The Hall–Kier alpha value is -4.04. The maximum Gasteiger partial charge on any atom is 0.251 e. The van der Waals surface area contributed by atoms with E-state index in [9.17, 15) is 14.7 Å². The number of aryl methyl sites for hydroxylation is 1. The monoisotopic (exact) mass is 453 g/mol. The van der Waals surface area contributed by atoms with Crippen molar-refractivity contribution in [2.24, 2.45) is 5.92 Å². The Kier molecular flexibility index (Phi) is 6.70. The zero-order chi connectivity index (χ0) is 24.2. The van der Waals surface area contributed by atoms with Gasteiger partial charge in [-0.15, -0.1) is 11.8 Å². The number of benzene rings is 3. The highest BCUT2D eigenvalue weighted by Gasteiger charge is 2.19. The minimum atomic E-state index is -0.152. The molecule has 1 heterocycles. The molecule has 4 rings (SSSR count). The van der Waals surface area contributed by atoms with E-state index in [4.69, 9.17) is 4.42 Å². The molecule has 0 spiro atoms. The average Bonchev–Trinajstić information content (AvgIpc) is 2.79. The molecule has 2 aliphatic rings. The fourth-order valence-electron chi connectivity index (χ4n) is 3.99. The summed E-state index contributed by atoms with van der Waals surface area (Å²) in [5.74, 6) is 7.02. The van der Waals surface area contributed by atoms with Gasteiger partial charge < -0.3 is 14.8 Å². The van der Waals surface area contributed by atoms with E-state index in [1.54, 1.807) is 30.3 Å². The van der Waals surface area contributed by atoms with E-state index >= 15 is 0 Å². The Labute approximate surface area is 198 Å². The van der Waals surface area contributed by atoms with E-state index in [1.807, 2.05) is 19.1 Å². The van der Waals surface area contributed by atoms with Gasteiger partial charge in [0.1, 0.15) is 17.1 Å². The second-order valence-corrected chi connectivity index (χ2v) is 8.68. The van der Waals surface area contributed by atoms with Crippen molar-refractivity contribution in [3.63, 3.8) is 0 Å². The number of phenols is 1. The molecule has 34 heavy (non-hydrogen) atoms. The highest BCUT2D eigenvalue weighted by Crippen LogP contribution is 2.41. The summed E-state index contributed by atoms with van der Waals surface area (Å²) < 4.78 is 5.92. The van der Waals surface area contributed by atoms with Crippen LogP contribution >= 0.6 is 0 Å². The van der Waals surface area contributed by atoms with Crippen LogP contribution in [0, 0.1) is 24.7 Å². The van der Waals surface area contributed by atoms with Gasteiger partial charge >= 0.3 is 0 Å². The van der Waals surface area contributed by atoms with Crippen LogP contribution < -0.4 is 10.7 Å². The lowest BCUT2D eigenvalue weighted by molar-refractivity contribution is 0.0953. The quantitative estimate of drug-likeness (QED) is 0.229. The van der Waals surface area contributed by atoms with Crippen LogP contribution in [0.1, 0.15) is 42.6 Å². The SMILES string of the molecule is Cc1cc(C(=O)NCCCC#CC(C)C)ccc1-c1c2ccc(=O)cc-2oc2cc(O)ccc12. The number of rotatable bonds is 5. The molecule has 0 fully saturated rings. The van der Waals surface area contributed by atoms with Crippen LogP contribution in [-0.4, -0.2) is 17.6 Å². The summed E-state index contributed by atoms with van der Waals surface area (Å²) in [5.41, 5.74) is 4.45. The van der Waals surface area contributed by atoms with E-state index in [2.05, 4.69) is 31.0 Å². The third kappa shape index (κ3) is 4.97. The van der Waals surface area contributed by atoms with Gasteiger partial charge in [-0.2, -0.15) is 0 Å². The average molecular weight is 454 g/mol. The first-order valence-electron chi connectivity index (χ1n) is 11.4. The van der Waals surface area contributed by atoms with Gasteiger partial charge in [0.05, 0.1) is 0 Å². The van der Waals surface area contributed by atoms with Crippen LogP contribution in [0.4, 0.5) is 0 Å². The van der Waals surface area contributed by atoms with Crippen molar-refractivity contribution in [3.05, 3.63) is 75.9 Å². The van der Waals surface area contributed by atoms with Crippen LogP contribution in [-0.2, 0) is 0 Å². The first-order chi connectivity index (χ1) is 16.3.